The number of nitrogens with one attached hydrogen (secondary N) is 1. The molecule has 0 fully saturated rings. The summed E-state index contributed by atoms with van der Waals surface area (Å²) in [4.78, 5) is 6.72. The van der Waals surface area contributed by atoms with Crippen LogP contribution in [0.1, 0.15) is 35.1 Å². The maximum absolute atomic E-state index is 5.32. The van der Waals surface area contributed by atoms with Gasteiger partial charge in [-0.15, -0.1) is 11.8 Å². The highest BCUT2D eigenvalue weighted by Crippen LogP contribution is 2.50. The summed E-state index contributed by atoms with van der Waals surface area (Å²) in [6.45, 7) is 0. The van der Waals surface area contributed by atoms with E-state index < -0.39 is 0 Å². The monoisotopic (exact) mass is 635 g/mol. The predicted octanol–water partition coefficient (Wildman–Crippen LogP) is 11.2. The summed E-state index contributed by atoms with van der Waals surface area (Å²) in [5.74, 6) is 1.69. The minimum Gasteiger partial charge on any atom is -0.340 e. The average Bonchev–Trinajstić information content (AvgIpc) is 3.68. The van der Waals surface area contributed by atoms with Crippen LogP contribution < -0.4 is 5.32 Å². The van der Waals surface area contributed by atoms with E-state index in [9.17, 15) is 0 Å². The van der Waals surface area contributed by atoms with Gasteiger partial charge in [0, 0.05) is 55.3 Å². The molecule has 6 aromatic rings. The van der Waals surface area contributed by atoms with Crippen molar-refractivity contribution >= 4 is 45.1 Å². The molecule has 1 aromatic heterocycles. The van der Waals surface area contributed by atoms with Crippen LogP contribution >= 0.6 is 11.8 Å². The standard InChI is InChI=1S/C44H33N3S/c1-3-11-28(12-4-1)31-21-24-39-35(25-31)36-27-42-37(33-15-8-10-18-41(33)48-42)26-40(36)47(39)32-22-19-30(20-23-32)44-45-38-17-9-7-16-34(38)43(46-44)29-13-5-2-6-14-29/h1-13,15-27,29,33,41,43H,14H2,(H,45,46). The Kier molecular flexibility index (Phi) is 6.44. The predicted molar refractivity (Wildman–Crippen MR) is 203 cm³/mol. The zero-order valence-electron chi connectivity index (χ0n) is 26.3. The highest BCUT2D eigenvalue weighted by Gasteiger charge is 2.32. The van der Waals surface area contributed by atoms with Crippen molar-refractivity contribution in [2.75, 3.05) is 5.32 Å². The summed E-state index contributed by atoms with van der Waals surface area (Å²) < 4.78 is 2.46. The molecule has 5 aromatic carbocycles. The van der Waals surface area contributed by atoms with Gasteiger partial charge >= 0.3 is 0 Å². The Balaban J connectivity index is 1.10. The normalized spacial score (nSPS) is 22.0. The van der Waals surface area contributed by atoms with Crippen LogP contribution in [0.4, 0.5) is 5.69 Å². The largest absolute Gasteiger partial charge is 0.340 e. The van der Waals surface area contributed by atoms with Crippen LogP contribution in [0.3, 0.4) is 0 Å². The SMILES string of the molecule is C1=CCC(C2N=C(c3ccc(-n4c5ccc(-c6ccccc6)cc5c5cc6c(cc54)C4C=CC=CC4S6)cc3)Nc3ccccc32)C=C1. The van der Waals surface area contributed by atoms with Crippen LogP contribution in [0, 0.1) is 5.92 Å². The molecule has 0 spiro atoms. The molecule has 1 N–H and O–H groups in total. The highest BCUT2D eigenvalue weighted by molar-refractivity contribution is 8.00. The Morgan fingerprint density at radius 1 is 0.646 bits per heavy atom. The summed E-state index contributed by atoms with van der Waals surface area (Å²) in [6, 6.07) is 40.2. The second kappa shape index (κ2) is 11.1. The Hall–Kier alpha value is -5.32. The van der Waals surface area contributed by atoms with Gasteiger partial charge in [-0.3, -0.25) is 4.99 Å². The van der Waals surface area contributed by atoms with Crippen molar-refractivity contribution in [2.45, 2.75) is 28.5 Å². The van der Waals surface area contributed by atoms with E-state index in [1.165, 1.54) is 49.0 Å². The van der Waals surface area contributed by atoms with Crippen LogP contribution in [0.25, 0.3) is 38.6 Å². The van der Waals surface area contributed by atoms with Gasteiger partial charge in [-0.05, 0) is 77.7 Å². The molecule has 0 saturated heterocycles. The molecule has 230 valence electrons. The summed E-state index contributed by atoms with van der Waals surface area (Å²) in [6.07, 6.45) is 19.0. The highest BCUT2D eigenvalue weighted by atomic mass is 32.2. The fourth-order valence-corrected chi connectivity index (χ4v) is 9.32. The number of benzene rings is 5. The number of thioether (sulfide) groups is 1. The fraction of sp³-hybridized carbons (Fsp3) is 0.114. The van der Waals surface area contributed by atoms with Crippen LogP contribution in [-0.2, 0) is 0 Å². The average molecular weight is 636 g/mol. The van der Waals surface area contributed by atoms with Gasteiger partial charge < -0.3 is 9.88 Å². The molecule has 4 unspecified atom stereocenters. The fourth-order valence-electron chi connectivity index (χ4n) is 7.95. The molecule has 0 saturated carbocycles. The van der Waals surface area contributed by atoms with E-state index in [1.54, 1.807) is 0 Å². The van der Waals surface area contributed by atoms with Crippen LogP contribution in [0.15, 0.2) is 168 Å². The minimum atomic E-state index is 0.0851. The zero-order valence-corrected chi connectivity index (χ0v) is 27.1. The third-order valence-corrected chi connectivity index (χ3v) is 11.7. The number of nitrogens with zero attached hydrogens (tertiary/aromatic N) is 2. The second-order valence-corrected chi connectivity index (χ2v) is 14.3. The molecule has 4 heteroatoms. The Morgan fingerprint density at radius 2 is 1.44 bits per heavy atom. The third-order valence-electron chi connectivity index (χ3n) is 10.3. The number of aliphatic imine (C=N–C) groups is 1. The molecule has 2 aliphatic heterocycles. The molecule has 10 rings (SSSR count). The summed E-state index contributed by atoms with van der Waals surface area (Å²) in [7, 11) is 0. The van der Waals surface area contributed by atoms with E-state index in [-0.39, 0.29) is 6.04 Å². The van der Waals surface area contributed by atoms with E-state index in [0.29, 0.717) is 17.1 Å². The Morgan fingerprint density at radius 3 is 2.31 bits per heavy atom. The van der Waals surface area contributed by atoms with Crippen molar-refractivity contribution in [3.63, 3.8) is 0 Å². The lowest BCUT2D eigenvalue weighted by atomic mass is 9.86. The van der Waals surface area contributed by atoms with Crippen molar-refractivity contribution in [1.29, 1.82) is 0 Å². The van der Waals surface area contributed by atoms with Crippen LogP contribution in [0.2, 0.25) is 0 Å². The third kappa shape index (κ3) is 4.47. The summed E-state index contributed by atoms with van der Waals surface area (Å²) >= 11 is 2.00. The van der Waals surface area contributed by atoms with Crippen molar-refractivity contribution in [1.82, 2.24) is 4.57 Å². The van der Waals surface area contributed by atoms with E-state index in [4.69, 9.17) is 4.99 Å². The molecule has 0 amide bonds. The van der Waals surface area contributed by atoms with Gasteiger partial charge in [0.15, 0.2) is 0 Å². The van der Waals surface area contributed by atoms with E-state index in [2.05, 4.69) is 168 Å². The number of amidine groups is 1. The number of aromatic nitrogens is 1. The van der Waals surface area contributed by atoms with Gasteiger partial charge in [0.25, 0.3) is 0 Å². The van der Waals surface area contributed by atoms with Crippen molar-refractivity contribution in [3.8, 4) is 16.8 Å². The van der Waals surface area contributed by atoms with Crippen molar-refractivity contribution < 1.29 is 0 Å². The van der Waals surface area contributed by atoms with Crippen LogP contribution in [0.5, 0.6) is 0 Å². The lowest BCUT2D eigenvalue weighted by Crippen LogP contribution is -2.24. The van der Waals surface area contributed by atoms with Crippen molar-refractivity contribution in [3.05, 3.63) is 174 Å². The van der Waals surface area contributed by atoms with E-state index in [0.717, 1.165) is 29.2 Å². The molecular formula is C44H33N3S. The molecule has 0 bridgehead atoms. The lowest BCUT2D eigenvalue weighted by Gasteiger charge is -2.30. The van der Waals surface area contributed by atoms with Gasteiger partial charge in [-0.1, -0.05) is 103 Å². The second-order valence-electron chi connectivity index (χ2n) is 13.1. The molecule has 4 aliphatic rings. The number of para-hydroxylation sites is 1. The molecule has 3 nitrogen and oxygen atoms in total. The first kappa shape index (κ1) is 27.8. The molecule has 0 radical (unpaired) electrons. The number of hydrogen-bond acceptors (Lipinski definition) is 3. The lowest BCUT2D eigenvalue weighted by molar-refractivity contribution is 0.525. The summed E-state index contributed by atoms with van der Waals surface area (Å²) in [5, 5.41) is 6.71. The van der Waals surface area contributed by atoms with Gasteiger partial charge in [-0.2, -0.15) is 0 Å². The first-order chi connectivity index (χ1) is 23.8. The Bertz CT molecular complexity index is 2390. The van der Waals surface area contributed by atoms with Gasteiger partial charge in [-0.25, -0.2) is 0 Å². The number of anilines is 1. The van der Waals surface area contributed by atoms with Gasteiger partial charge in [0.1, 0.15) is 5.84 Å². The zero-order chi connectivity index (χ0) is 31.6. The van der Waals surface area contributed by atoms with Gasteiger partial charge in [0.2, 0.25) is 0 Å². The maximum atomic E-state index is 5.32. The quantitative estimate of drug-likeness (QED) is 0.209. The number of rotatable bonds is 4. The topological polar surface area (TPSA) is 29.3 Å². The maximum Gasteiger partial charge on any atom is 0.133 e. The van der Waals surface area contributed by atoms with Crippen LogP contribution in [-0.4, -0.2) is 15.7 Å². The van der Waals surface area contributed by atoms with E-state index >= 15 is 0 Å². The first-order valence-electron chi connectivity index (χ1n) is 16.9. The molecule has 3 heterocycles. The molecule has 2 aliphatic carbocycles. The van der Waals surface area contributed by atoms with E-state index in [1.807, 2.05) is 11.8 Å². The molecule has 4 atom stereocenters. The number of fused-ring (bicyclic) bond motifs is 7. The molecular weight excluding hydrogens is 603 g/mol. The first-order valence-corrected chi connectivity index (χ1v) is 17.7. The van der Waals surface area contributed by atoms with Crippen molar-refractivity contribution in [2.24, 2.45) is 10.9 Å². The Labute approximate surface area is 284 Å². The smallest absolute Gasteiger partial charge is 0.133 e. The number of allylic oxidation sites excluding steroid dienone is 6. The minimum absolute atomic E-state index is 0.0851. The number of hydrogen-bond donors (Lipinski definition) is 1. The summed E-state index contributed by atoms with van der Waals surface area (Å²) in [5.41, 5.74) is 11.0. The molecule has 48 heavy (non-hydrogen) atoms. The van der Waals surface area contributed by atoms with Gasteiger partial charge in [0.05, 0.1) is 17.1 Å².